The molecule has 0 spiro atoms. The van der Waals surface area contributed by atoms with Gasteiger partial charge in [0.1, 0.15) is 0 Å². The molecule has 11 heavy (non-hydrogen) atoms. The quantitative estimate of drug-likeness (QED) is 0.680. The molecule has 0 aromatic rings. The van der Waals surface area contributed by atoms with Crippen molar-refractivity contribution in [2.24, 2.45) is 5.73 Å². The summed E-state index contributed by atoms with van der Waals surface area (Å²) in [4.78, 5) is 1.28. The maximum atomic E-state index is 5.98. The van der Waals surface area contributed by atoms with Crippen LogP contribution in [0.15, 0.2) is 11.0 Å². The van der Waals surface area contributed by atoms with Crippen LogP contribution in [0, 0.1) is 0 Å². The lowest BCUT2D eigenvalue weighted by atomic mass is 10.2. The van der Waals surface area contributed by atoms with E-state index < -0.39 is 0 Å². The highest BCUT2D eigenvalue weighted by Crippen LogP contribution is 2.34. The molecular weight excluding hydrogens is 178 g/mol. The van der Waals surface area contributed by atoms with E-state index in [1.165, 1.54) is 4.91 Å². The van der Waals surface area contributed by atoms with Crippen LogP contribution in [0.2, 0.25) is 0 Å². The Kier molecular flexibility index (Phi) is 3.76. The van der Waals surface area contributed by atoms with Gasteiger partial charge in [0.25, 0.3) is 0 Å². The molecule has 3 heteroatoms. The second-order valence-electron chi connectivity index (χ2n) is 2.73. The smallest absolute Gasteiger partial charge is 0.0836 e. The Morgan fingerprint density at radius 1 is 1.91 bits per heavy atom. The first kappa shape index (κ1) is 9.43. The molecule has 0 amide bonds. The minimum atomic E-state index is 0.210. The largest absolute Gasteiger partial charge is 0.324 e. The molecule has 0 radical (unpaired) electrons. The van der Waals surface area contributed by atoms with Gasteiger partial charge in [0.05, 0.1) is 4.71 Å². The topological polar surface area (TPSA) is 26.0 Å². The lowest BCUT2D eigenvalue weighted by molar-refractivity contribution is 0.758. The summed E-state index contributed by atoms with van der Waals surface area (Å²) in [5.41, 5.74) is 5.86. The third kappa shape index (κ3) is 2.69. The summed E-state index contributed by atoms with van der Waals surface area (Å²) >= 11 is 7.70. The highest BCUT2D eigenvalue weighted by molar-refractivity contribution is 8.04. The molecule has 1 rings (SSSR count). The zero-order valence-corrected chi connectivity index (χ0v) is 8.29. The third-order valence-electron chi connectivity index (χ3n) is 1.81. The Balaban J connectivity index is 2.50. The van der Waals surface area contributed by atoms with E-state index >= 15 is 0 Å². The van der Waals surface area contributed by atoms with Crippen molar-refractivity contribution in [2.45, 2.75) is 36.9 Å². The average molecular weight is 192 g/mol. The molecule has 1 aliphatic rings. The van der Waals surface area contributed by atoms with E-state index in [0.717, 1.165) is 19.3 Å². The molecule has 0 aliphatic carbocycles. The zero-order valence-electron chi connectivity index (χ0n) is 6.72. The van der Waals surface area contributed by atoms with Gasteiger partial charge in [-0.25, -0.2) is 0 Å². The number of hydrogen-bond acceptors (Lipinski definition) is 2. The van der Waals surface area contributed by atoms with Crippen LogP contribution in [-0.4, -0.2) is 10.8 Å². The zero-order chi connectivity index (χ0) is 8.27. The Morgan fingerprint density at radius 3 is 3.18 bits per heavy atom. The molecular formula is C8H14ClNS. The van der Waals surface area contributed by atoms with Crippen molar-refractivity contribution in [1.29, 1.82) is 0 Å². The predicted molar refractivity (Wildman–Crippen MR) is 52.8 cm³/mol. The first-order chi connectivity index (χ1) is 5.24. The van der Waals surface area contributed by atoms with E-state index in [1.54, 1.807) is 11.8 Å². The third-order valence-corrected chi connectivity index (χ3v) is 3.53. The van der Waals surface area contributed by atoms with Crippen LogP contribution in [0.25, 0.3) is 0 Å². The number of thioether (sulfide) groups is 1. The number of rotatable bonds is 2. The van der Waals surface area contributed by atoms with E-state index in [2.05, 4.69) is 13.0 Å². The minimum Gasteiger partial charge on any atom is -0.324 e. The fraction of sp³-hybridized carbons (Fsp3) is 0.750. The number of nitrogens with two attached hydrogens (primary N) is 1. The molecule has 2 atom stereocenters. The van der Waals surface area contributed by atoms with Crippen LogP contribution < -0.4 is 5.73 Å². The molecule has 2 unspecified atom stereocenters. The van der Waals surface area contributed by atoms with E-state index in [9.17, 15) is 0 Å². The Morgan fingerprint density at radius 2 is 2.64 bits per heavy atom. The molecule has 64 valence electrons. The van der Waals surface area contributed by atoms with Crippen LogP contribution >= 0.6 is 23.4 Å². The summed E-state index contributed by atoms with van der Waals surface area (Å²) in [6.07, 6.45) is 5.39. The molecule has 0 aromatic heterocycles. The van der Waals surface area contributed by atoms with Gasteiger partial charge in [0.15, 0.2) is 0 Å². The van der Waals surface area contributed by atoms with Gasteiger partial charge in [0, 0.05) is 6.04 Å². The molecule has 1 heterocycles. The van der Waals surface area contributed by atoms with Crippen LogP contribution in [0.4, 0.5) is 0 Å². The summed E-state index contributed by atoms with van der Waals surface area (Å²) in [7, 11) is 0. The molecule has 0 saturated carbocycles. The number of hydrogen-bond donors (Lipinski definition) is 1. The van der Waals surface area contributed by atoms with Crippen molar-refractivity contribution in [1.82, 2.24) is 0 Å². The summed E-state index contributed by atoms with van der Waals surface area (Å²) in [6, 6.07) is 0.210. The van der Waals surface area contributed by atoms with E-state index in [1.807, 2.05) is 0 Å². The predicted octanol–water partition coefficient (Wildman–Crippen LogP) is 2.70. The van der Waals surface area contributed by atoms with Crippen LogP contribution in [0.5, 0.6) is 0 Å². The van der Waals surface area contributed by atoms with Gasteiger partial charge in [-0.2, -0.15) is 0 Å². The Bertz CT molecular complexity index is 158. The summed E-state index contributed by atoms with van der Waals surface area (Å²) in [6.45, 7) is 2.10. The second kappa shape index (κ2) is 4.39. The Labute approximate surface area is 77.4 Å². The van der Waals surface area contributed by atoms with E-state index in [-0.39, 0.29) is 10.8 Å². The molecule has 1 nitrogen and oxygen atoms in total. The van der Waals surface area contributed by atoms with Crippen molar-refractivity contribution in [3.8, 4) is 0 Å². The van der Waals surface area contributed by atoms with Gasteiger partial charge in [-0.3, -0.25) is 0 Å². The maximum Gasteiger partial charge on any atom is 0.0836 e. The van der Waals surface area contributed by atoms with Gasteiger partial charge >= 0.3 is 0 Å². The number of alkyl halides is 1. The summed E-state index contributed by atoms with van der Waals surface area (Å²) in [5.74, 6) is 0. The monoisotopic (exact) mass is 191 g/mol. The summed E-state index contributed by atoms with van der Waals surface area (Å²) in [5, 5.41) is 0. The molecule has 0 fully saturated rings. The van der Waals surface area contributed by atoms with Crippen molar-refractivity contribution >= 4 is 23.4 Å². The van der Waals surface area contributed by atoms with E-state index in [0.29, 0.717) is 0 Å². The normalized spacial score (nSPS) is 27.9. The molecule has 0 saturated heterocycles. The van der Waals surface area contributed by atoms with Crippen LogP contribution in [0.3, 0.4) is 0 Å². The first-order valence-electron chi connectivity index (χ1n) is 4.00. The minimum absolute atomic E-state index is 0.210. The van der Waals surface area contributed by atoms with Crippen molar-refractivity contribution < 1.29 is 0 Å². The fourth-order valence-electron chi connectivity index (χ4n) is 1.05. The second-order valence-corrected chi connectivity index (χ2v) is 4.79. The highest BCUT2D eigenvalue weighted by Gasteiger charge is 2.16. The van der Waals surface area contributed by atoms with Gasteiger partial charge < -0.3 is 5.73 Å². The highest BCUT2D eigenvalue weighted by atomic mass is 35.5. The Hall–Kier alpha value is 0.340. The first-order valence-corrected chi connectivity index (χ1v) is 5.32. The van der Waals surface area contributed by atoms with E-state index in [4.69, 9.17) is 17.3 Å². The molecule has 0 aromatic carbocycles. The standard InChI is InChI=1S/C8H14ClNS/c1-2-6(10)7-4-3-5-8(9)11-7/h4,6,8H,2-3,5,10H2,1H3. The average Bonchev–Trinajstić information content (AvgIpc) is 2.03. The fourth-order valence-corrected chi connectivity index (χ4v) is 2.59. The van der Waals surface area contributed by atoms with Crippen LogP contribution in [-0.2, 0) is 0 Å². The molecule has 0 bridgehead atoms. The van der Waals surface area contributed by atoms with Crippen molar-refractivity contribution in [3.05, 3.63) is 11.0 Å². The van der Waals surface area contributed by atoms with Gasteiger partial charge in [-0.15, -0.1) is 23.4 Å². The molecule has 2 N–H and O–H groups in total. The van der Waals surface area contributed by atoms with Crippen molar-refractivity contribution in [3.63, 3.8) is 0 Å². The van der Waals surface area contributed by atoms with Gasteiger partial charge in [-0.05, 0) is 24.2 Å². The van der Waals surface area contributed by atoms with Crippen LogP contribution in [0.1, 0.15) is 26.2 Å². The lowest BCUT2D eigenvalue weighted by Crippen LogP contribution is -2.22. The van der Waals surface area contributed by atoms with Gasteiger partial charge in [-0.1, -0.05) is 13.0 Å². The SMILES string of the molecule is CCC(N)C1=CCCC(Cl)S1. The number of halogens is 1. The van der Waals surface area contributed by atoms with Gasteiger partial charge in [0.2, 0.25) is 0 Å². The lowest BCUT2D eigenvalue weighted by Gasteiger charge is -2.20. The maximum absolute atomic E-state index is 5.98. The molecule has 1 aliphatic heterocycles. The van der Waals surface area contributed by atoms with Crippen molar-refractivity contribution in [2.75, 3.05) is 0 Å². The summed E-state index contributed by atoms with van der Waals surface area (Å²) < 4.78 is 0.243. The number of allylic oxidation sites excluding steroid dienone is 1.